The Morgan fingerprint density at radius 1 is 1.25 bits per heavy atom. The first-order chi connectivity index (χ1) is 7.21. The maximum absolute atomic E-state index is 2.65. The first-order valence-corrected chi connectivity index (χ1v) is 6.62. The van der Waals surface area contributed by atoms with Gasteiger partial charge >= 0.3 is 0 Å². The number of allylic oxidation sites excluding steroid dienone is 1. The summed E-state index contributed by atoms with van der Waals surface area (Å²) in [5, 5.41) is 0. The molecule has 1 rings (SSSR count). The molecule has 1 heterocycles. The van der Waals surface area contributed by atoms with Crippen molar-refractivity contribution >= 4 is 0 Å². The van der Waals surface area contributed by atoms with Crippen molar-refractivity contribution in [2.75, 3.05) is 0 Å². The van der Waals surface area contributed by atoms with E-state index in [0.717, 1.165) is 0 Å². The van der Waals surface area contributed by atoms with E-state index >= 15 is 0 Å². The minimum absolute atomic E-state index is 0.347. The average molecular weight is 223 g/mol. The van der Waals surface area contributed by atoms with Crippen molar-refractivity contribution in [1.82, 2.24) is 4.90 Å². The van der Waals surface area contributed by atoms with Gasteiger partial charge in [0.15, 0.2) is 0 Å². The predicted molar refractivity (Wildman–Crippen MR) is 72.6 cm³/mol. The molecular weight excluding hydrogens is 194 g/mol. The van der Waals surface area contributed by atoms with E-state index in [4.69, 9.17) is 0 Å². The van der Waals surface area contributed by atoms with Crippen LogP contribution in [0.4, 0.5) is 0 Å². The largest absolute Gasteiger partial charge is 0.285 e. The monoisotopic (exact) mass is 223 g/mol. The van der Waals surface area contributed by atoms with Crippen molar-refractivity contribution in [1.29, 1.82) is 0 Å². The lowest BCUT2D eigenvalue weighted by Crippen LogP contribution is -2.40. The van der Waals surface area contributed by atoms with Gasteiger partial charge in [-0.3, -0.25) is 4.90 Å². The highest BCUT2D eigenvalue weighted by atomic mass is 15.4. The van der Waals surface area contributed by atoms with Crippen LogP contribution in [-0.2, 0) is 0 Å². The minimum Gasteiger partial charge on any atom is -0.285 e. The second-order valence-corrected chi connectivity index (χ2v) is 6.37. The Labute approximate surface area is 102 Å². The zero-order chi connectivity index (χ0) is 12.7. The molecule has 1 fully saturated rings. The fourth-order valence-corrected chi connectivity index (χ4v) is 3.19. The molecule has 1 heteroatoms. The lowest BCUT2D eigenvalue weighted by Gasteiger charge is -2.38. The molecular formula is C15H29N. The molecule has 4 atom stereocenters. The summed E-state index contributed by atoms with van der Waals surface area (Å²) in [6, 6.07) is 1.25. The first kappa shape index (κ1) is 13.8. The summed E-state index contributed by atoms with van der Waals surface area (Å²) in [5.41, 5.74) is 0.711. The van der Waals surface area contributed by atoms with Crippen LogP contribution in [0.2, 0.25) is 0 Å². The van der Waals surface area contributed by atoms with Crippen LogP contribution in [0.15, 0.2) is 12.2 Å². The van der Waals surface area contributed by atoms with Gasteiger partial charge in [-0.15, -0.1) is 0 Å². The SMILES string of the molecule is C/C=C\C(C)N1C(C)C1(C)C(C)(C)C(C)C. The number of rotatable bonds is 4. The van der Waals surface area contributed by atoms with Crippen LogP contribution in [0.5, 0.6) is 0 Å². The number of hydrogen-bond acceptors (Lipinski definition) is 1. The first-order valence-electron chi connectivity index (χ1n) is 6.62. The van der Waals surface area contributed by atoms with Crippen LogP contribution in [0.25, 0.3) is 0 Å². The van der Waals surface area contributed by atoms with E-state index < -0.39 is 0 Å². The van der Waals surface area contributed by atoms with Crippen LogP contribution in [0.1, 0.15) is 55.4 Å². The molecule has 1 aliphatic rings. The Balaban J connectivity index is 2.90. The smallest absolute Gasteiger partial charge is 0.0397 e. The Morgan fingerprint density at radius 2 is 1.75 bits per heavy atom. The van der Waals surface area contributed by atoms with Gasteiger partial charge in [0, 0.05) is 17.6 Å². The van der Waals surface area contributed by atoms with Gasteiger partial charge in [0.05, 0.1) is 0 Å². The molecule has 0 aromatic rings. The Bertz CT molecular complexity index is 277. The molecule has 0 aromatic heterocycles. The molecule has 94 valence electrons. The molecule has 0 bridgehead atoms. The van der Waals surface area contributed by atoms with Crippen molar-refractivity contribution in [2.24, 2.45) is 11.3 Å². The van der Waals surface area contributed by atoms with Crippen molar-refractivity contribution in [2.45, 2.75) is 73.0 Å². The van der Waals surface area contributed by atoms with Gasteiger partial charge < -0.3 is 0 Å². The van der Waals surface area contributed by atoms with Crippen LogP contribution in [-0.4, -0.2) is 22.5 Å². The van der Waals surface area contributed by atoms with Gasteiger partial charge in [-0.2, -0.15) is 0 Å². The van der Waals surface area contributed by atoms with Gasteiger partial charge in [-0.05, 0) is 39.0 Å². The molecule has 1 aliphatic heterocycles. The fourth-order valence-electron chi connectivity index (χ4n) is 3.19. The van der Waals surface area contributed by atoms with E-state index in [0.29, 0.717) is 29.0 Å². The average Bonchev–Trinajstić information content (AvgIpc) is 2.71. The summed E-state index contributed by atoms with van der Waals surface area (Å²) in [5.74, 6) is 0.711. The highest BCUT2D eigenvalue weighted by molar-refractivity contribution is 5.22. The van der Waals surface area contributed by atoms with Gasteiger partial charge in [0.2, 0.25) is 0 Å². The van der Waals surface area contributed by atoms with E-state index in [9.17, 15) is 0 Å². The Kier molecular flexibility index (Phi) is 3.59. The zero-order valence-electron chi connectivity index (χ0n) is 12.3. The number of hydrogen-bond donors (Lipinski definition) is 0. The fraction of sp³-hybridized carbons (Fsp3) is 0.867. The van der Waals surface area contributed by atoms with Crippen LogP contribution in [0.3, 0.4) is 0 Å². The predicted octanol–water partition coefficient (Wildman–Crippen LogP) is 4.10. The lowest BCUT2D eigenvalue weighted by molar-refractivity contribution is 0.135. The third-order valence-electron chi connectivity index (χ3n) is 5.36. The molecule has 0 radical (unpaired) electrons. The van der Waals surface area contributed by atoms with Crippen molar-refractivity contribution in [3.8, 4) is 0 Å². The second kappa shape index (κ2) is 4.18. The van der Waals surface area contributed by atoms with Crippen molar-refractivity contribution < 1.29 is 0 Å². The maximum Gasteiger partial charge on any atom is 0.0397 e. The van der Waals surface area contributed by atoms with Crippen molar-refractivity contribution in [3.63, 3.8) is 0 Å². The summed E-state index contributed by atoms with van der Waals surface area (Å²) in [4.78, 5) is 2.65. The van der Waals surface area contributed by atoms with E-state index in [-0.39, 0.29) is 0 Å². The molecule has 0 saturated carbocycles. The summed E-state index contributed by atoms with van der Waals surface area (Å²) in [6.07, 6.45) is 4.47. The van der Waals surface area contributed by atoms with E-state index in [1.54, 1.807) is 0 Å². The normalized spacial score (nSPS) is 37.1. The highest BCUT2D eigenvalue weighted by Gasteiger charge is 2.65. The molecule has 0 N–H and O–H groups in total. The molecule has 0 aliphatic carbocycles. The quantitative estimate of drug-likeness (QED) is 0.512. The van der Waals surface area contributed by atoms with E-state index in [2.05, 4.69) is 72.4 Å². The molecule has 0 aromatic carbocycles. The third-order valence-corrected chi connectivity index (χ3v) is 5.36. The molecule has 0 spiro atoms. The second-order valence-electron chi connectivity index (χ2n) is 6.37. The van der Waals surface area contributed by atoms with Gasteiger partial charge in [0.1, 0.15) is 0 Å². The summed E-state index contributed by atoms with van der Waals surface area (Å²) in [6.45, 7) is 18.7. The topological polar surface area (TPSA) is 3.01 Å². The molecule has 1 saturated heterocycles. The van der Waals surface area contributed by atoms with Gasteiger partial charge in [0.25, 0.3) is 0 Å². The van der Waals surface area contributed by atoms with Crippen LogP contribution in [0, 0.1) is 11.3 Å². The van der Waals surface area contributed by atoms with Crippen molar-refractivity contribution in [3.05, 3.63) is 12.2 Å². The lowest BCUT2D eigenvalue weighted by atomic mass is 9.69. The van der Waals surface area contributed by atoms with Gasteiger partial charge in [-0.25, -0.2) is 0 Å². The minimum atomic E-state index is 0.347. The third kappa shape index (κ3) is 1.73. The zero-order valence-corrected chi connectivity index (χ0v) is 12.3. The highest BCUT2D eigenvalue weighted by Crippen LogP contribution is 2.57. The molecule has 4 unspecified atom stereocenters. The summed E-state index contributed by atoms with van der Waals surface area (Å²) >= 11 is 0. The Morgan fingerprint density at radius 3 is 2.12 bits per heavy atom. The molecule has 16 heavy (non-hydrogen) atoms. The molecule has 1 nitrogen and oxygen atoms in total. The summed E-state index contributed by atoms with van der Waals surface area (Å²) < 4.78 is 0. The number of nitrogens with zero attached hydrogens (tertiary/aromatic N) is 1. The van der Waals surface area contributed by atoms with E-state index in [1.165, 1.54) is 0 Å². The van der Waals surface area contributed by atoms with Gasteiger partial charge in [-0.1, -0.05) is 39.8 Å². The standard InChI is InChI=1S/C15H29N/c1-9-10-12(4)16-13(5)15(16,8)14(6,7)11(2)3/h9-13H,1-8H3/b10-9-. The molecule has 0 amide bonds. The Hall–Kier alpha value is -0.300. The van der Waals surface area contributed by atoms with Crippen LogP contribution < -0.4 is 0 Å². The maximum atomic E-state index is 2.65. The van der Waals surface area contributed by atoms with Crippen LogP contribution >= 0.6 is 0 Å². The summed E-state index contributed by atoms with van der Waals surface area (Å²) in [7, 11) is 0. The van der Waals surface area contributed by atoms with E-state index in [1.807, 2.05) is 0 Å².